The van der Waals surface area contributed by atoms with E-state index in [4.69, 9.17) is 21.1 Å². The van der Waals surface area contributed by atoms with Crippen LogP contribution in [-0.2, 0) is 0 Å². The number of halogens is 1. The van der Waals surface area contributed by atoms with Gasteiger partial charge in [-0.05, 0) is 60.1 Å². The number of rotatable bonds is 4. The van der Waals surface area contributed by atoms with Gasteiger partial charge in [0.1, 0.15) is 17.2 Å². The van der Waals surface area contributed by atoms with Gasteiger partial charge in [-0.25, -0.2) is 0 Å². The van der Waals surface area contributed by atoms with Gasteiger partial charge in [-0.15, -0.1) is 0 Å². The van der Waals surface area contributed by atoms with Crippen LogP contribution in [0.25, 0.3) is 0 Å². The lowest BCUT2D eigenvalue weighted by Gasteiger charge is -2.06. The number of ether oxygens (including phenoxy) is 2. The van der Waals surface area contributed by atoms with E-state index in [9.17, 15) is 4.79 Å². The highest BCUT2D eigenvalue weighted by atomic mass is 35.5. The smallest absolute Gasteiger partial charge is 0.252 e. The van der Waals surface area contributed by atoms with Crippen molar-refractivity contribution in [1.29, 1.82) is 0 Å². The summed E-state index contributed by atoms with van der Waals surface area (Å²) in [5.74, 6) is 2.10. The molecule has 0 saturated heterocycles. The second kappa shape index (κ2) is 5.56. The van der Waals surface area contributed by atoms with E-state index < -0.39 is 5.24 Å². The third kappa shape index (κ3) is 3.02. The first-order valence-corrected chi connectivity index (χ1v) is 5.68. The van der Waals surface area contributed by atoms with E-state index in [-0.39, 0.29) is 0 Å². The molecule has 2 aromatic rings. The monoisotopic (exact) mass is 262 g/mol. The average molecular weight is 263 g/mol. The van der Waals surface area contributed by atoms with Crippen LogP contribution in [0.5, 0.6) is 17.2 Å². The standard InChI is InChI=1S/C14H11ClO3/c1-17-11-6-8-13(9-7-11)18-12-4-2-10(3-5-12)14(15)16/h2-9H,1H3. The third-order valence-corrected chi connectivity index (χ3v) is 2.59. The molecule has 0 amide bonds. The Kier molecular flexibility index (Phi) is 3.85. The van der Waals surface area contributed by atoms with E-state index in [2.05, 4.69) is 0 Å². The van der Waals surface area contributed by atoms with Gasteiger partial charge in [0, 0.05) is 5.56 Å². The summed E-state index contributed by atoms with van der Waals surface area (Å²) in [7, 11) is 1.61. The van der Waals surface area contributed by atoms with Gasteiger partial charge < -0.3 is 9.47 Å². The molecule has 0 spiro atoms. The molecule has 0 aliphatic rings. The van der Waals surface area contributed by atoms with Crippen molar-refractivity contribution in [2.45, 2.75) is 0 Å². The van der Waals surface area contributed by atoms with Crippen molar-refractivity contribution in [2.75, 3.05) is 7.11 Å². The molecule has 0 aromatic heterocycles. The van der Waals surface area contributed by atoms with Crippen LogP contribution >= 0.6 is 11.6 Å². The van der Waals surface area contributed by atoms with Gasteiger partial charge in [0.05, 0.1) is 7.11 Å². The fourth-order valence-corrected chi connectivity index (χ4v) is 1.56. The summed E-state index contributed by atoms with van der Waals surface area (Å²) in [6.07, 6.45) is 0. The zero-order valence-electron chi connectivity index (χ0n) is 9.72. The van der Waals surface area contributed by atoms with Crippen molar-refractivity contribution < 1.29 is 14.3 Å². The highest BCUT2D eigenvalue weighted by molar-refractivity contribution is 6.67. The third-order valence-electron chi connectivity index (χ3n) is 2.38. The second-order valence-corrected chi connectivity index (χ2v) is 3.92. The van der Waals surface area contributed by atoms with Crippen molar-refractivity contribution in [3.8, 4) is 17.2 Å². The molecule has 0 N–H and O–H groups in total. The Balaban J connectivity index is 2.10. The van der Waals surface area contributed by atoms with Crippen molar-refractivity contribution >= 4 is 16.8 Å². The van der Waals surface area contributed by atoms with Crippen LogP contribution < -0.4 is 9.47 Å². The minimum Gasteiger partial charge on any atom is -0.497 e. The lowest BCUT2D eigenvalue weighted by Crippen LogP contribution is -1.89. The molecular formula is C14H11ClO3. The molecule has 0 aliphatic carbocycles. The molecule has 0 atom stereocenters. The van der Waals surface area contributed by atoms with Crippen LogP contribution in [0.15, 0.2) is 48.5 Å². The Morgan fingerprint density at radius 1 is 0.889 bits per heavy atom. The van der Waals surface area contributed by atoms with Crippen LogP contribution in [-0.4, -0.2) is 12.4 Å². The number of methoxy groups -OCH3 is 1. The Morgan fingerprint density at radius 2 is 1.33 bits per heavy atom. The lowest BCUT2D eigenvalue weighted by atomic mass is 10.2. The maximum absolute atomic E-state index is 10.9. The summed E-state index contributed by atoms with van der Waals surface area (Å²) < 4.78 is 10.7. The van der Waals surface area contributed by atoms with Crippen molar-refractivity contribution in [3.63, 3.8) is 0 Å². The first-order valence-electron chi connectivity index (χ1n) is 5.31. The van der Waals surface area contributed by atoms with E-state index in [0.717, 1.165) is 5.75 Å². The van der Waals surface area contributed by atoms with E-state index in [0.29, 0.717) is 17.1 Å². The van der Waals surface area contributed by atoms with Gasteiger partial charge in [0.2, 0.25) is 0 Å². The predicted octanol–water partition coefficient (Wildman–Crippen LogP) is 3.87. The first kappa shape index (κ1) is 12.5. The summed E-state index contributed by atoms with van der Waals surface area (Å²) in [6, 6.07) is 13.9. The molecule has 18 heavy (non-hydrogen) atoms. The second-order valence-electron chi connectivity index (χ2n) is 3.58. The van der Waals surface area contributed by atoms with Crippen molar-refractivity contribution in [2.24, 2.45) is 0 Å². The van der Waals surface area contributed by atoms with Gasteiger partial charge in [0.15, 0.2) is 0 Å². The highest BCUT2D eigenvalue weighted by Gasteiger charge is 2.02. The number of hydrogen-bond acceptors (Lipinski definition) is 3. The fraction of sp³-hybridized carbons (Fsp3) is 0.0714. The van der Waals surface area contributed by atoms with Crippen LogP contribution in [0.4, 0.5) is 0 Å². The Hall–Kier alpha value is -2.00. The van der Waals surface area contributed by atoms with Gasteiger partial charge in [-0.3, -0.25) is 4.79 Å². The molecule has 0 aliphatic heterocycles. The molecular weight excluding hydrogens is 252 g/mol. The normalized spacial score (nSPS) is 9.89. The molecule has 2 rings (SSSR count). The van der Waals surface area contributed by atoms with Crippen LogP contribution in [0.3, 0.4) is 0 Å². The maximum Gasteiger partial charge on any atom is 0.252 e. The van der Waals surface area contributed by atoms with Gasteiger partial charge >= 0.3 is 0 Å². The van der Waals surface area contributed by atoms with E-state index in [1.165, 1.54) is 0 Å². The Labute approximate surface area is 110 Å². The molecule has 2 aromatic carbocycles. The Morgan fingerprint density at radius 3 is 1.78 bits per heavy atom. The van der Waals surface area contributed by atoms with E-state index >= 15 is 0 Å². The highest BCUT2D eigenvalue weighted by Crippen LogP contribution is 2.24. The van der Waals surface area contributed by atoms with Gasteiger partial charge in [-0.1, -0.05) is 0 Å². The van der Waals surface area contributed by atoms with Crippen LogP contribution in [0.1, 0.15) is 10.4 Å². The molecule has 0 fully saturated rings. The minimum atomic E-state index is -0.481. The zero-order valence-corrected chi connectivity index (χ0v) is 10.5. The van der Waals surface area contributed by atoms with Gasteiger partial charge in [-0.2, -0.15) is 0 Å². The van der Waals surface area contributed by atoms with Gasteiger partial charge in [0.25, 0.3) is 5.24 Å². The molecule has 0 unspecified atom stereocenters. The van der Waals surface area contributed by atoms with Crippen LogP contribution in [0, 0.1) is 0 Å². The molecule has 0 saturated carbocycles. The maximum atomic E-state index is 10.9. The van der Waals surface area contributed by atoms with Crippen molar-refractivity contribution in [1.82, 2.24) is 0 Å². The summed E-state index contributed by atoms with van der Waals surface area (Å²) in [4.78, 5) is 10.9. The summed E-state index contributed by atoms with van der Waals surface area (Å²) in [6.45, 7) is 0. The molecule has 4 heteroatoms. The number of carbonyl (C=O) groups excluding carboxylic acids is 1. The Bertz CT molecular complexity index is 532. The average Bonchev–Trinajstić information content (AvgIpc) is 2.40. The molecule has 92 valence electrons. The summed E-state index contributed by atoms with van der Waals surface area (Å²) in [5, 5.41) is -0.481. The van der Waals surface area contributed by atoms with Crippen LogP contribution in [0.2, 0.25) is 0 Å². The summed E-state index contributed by atoms with van der Waals surface area (Å²) in [5.41, 5.74) is 0.443. The molecule has 3 nitrogen and oxygen atoms in total. The number of hydrogen-bond donors (Lipinski definition) is 0. The number of benzene rings is 2. The fourth-order valence-electron chi connectivity index (χ4n) is 1.43. The topological polar surface area (TPSA) is 35.5 Å². The molecule has 0 bridgehead atoms. The van der Waals surface area contributed by atoms with E-state index in [1.54, 1.807) is 43.5 Å². The van der Waals surface area contributed by atoms with E-state index in [1.807, 2.05) is 12.1 Å². The predicted molar refractivity (Wildman–Crippen MR) is 69.7 cm³/mol. The zero-order chi connectivity index (χ0) is 13.0. The quantitative estimate of drug-likeness (QED) is 0.785. The lowest BCUT2D eigenvalue weighted by molar-refractivity contribution is 0.108. The largest absolute Gasteiger partial charge is 0.497 e. The number of carbonyl (C=O) groups is 1. The summed E-state index contributed by atoms with van der Waals surface area (Å²) >= 11 is 5.36. The SMILES string of the molecule is COc1ccc(Oc2ccc(C(=O)Cl)cc2)cc1. The van der Waals surface area contributed by atoms with Crippen molar-refractivity contribution in [3.05, 3.63) is 54.1 Å². The molecule has 0 heterocycles. The first-order chi connectivity index (χ1) is 8.69. The molecule has 0 radical (unpaired) electrons. The minimum absolute atomic E-state index is 0.443.